The van der Waals surface area contributed by atoms with Crippen molar-refractivity contribution < 1.29 is 4.79 Å². The molecule has 1 amide bonds. The Morgan fingerprint density at radius 3 is 2.41 bits per heavy atom. The number of aromatic nitrogens is 3. The summed E-state index contributed by atoms with van der Waals surface area (Å²) < 4.78 is 1.68. The number of hydrogen-bond donors (Lipinski definition) is 0. The summed E-state index contributed by atoms with van der Waals surface area (Å²) in [6.07, 6.45) is 3.86. The van der Waals surface area contributed by atoms with Crippen molar-refractivity contribution in [1.29, 1.82) is 0 Å². The molecule has 5 nitrogen and oxygen atoms in total. The predicted octanol–water partition coefficient (Wildman–Crippen LogP) is 2.76. The zero-order valence-corrected chi connectivity index (χ0v) is 13.4. The van der Waals surface area contributed by atoms with Gasteiger partial charge in [-0.05, 0) is 55.9 Å². The molecule has 5 heteroatoms. The summed E-state index contributed by atoms with van der Waals surface area (Å²) in [6, 6.07) is 6.19. The van der Waals surface area contributed by atoms with Gasteiger partial charge in [0.2, 0.25) is 0 Å². The Bertz CT molecular complexity index is 663. The molecule has 1 aromatic carbocycles. The van der Waals surface area contributed by atoms with E-state index in [0.717, 1.165) is 31.6 Å². The molecule has 2 aromatic rings. The molecule has 1 fully saturated rings. The predicted molar refractivity (Wildman–Crippen MR) is 85.1 cm³/mol. The second-order valence-corrected chi connectivity index (χ2v) is 6.37. The van der Waals surface area contributed by atoms with Crippen LogP contribution in [0.4, 0.5) is 0 Å². The van der Waals surface area contributed by atoms with Crippen LogP contribution >= 0.6 is 0 Å². The van der Waals surface area contributed by atoms with Crippen molar-refractivity contribution in [1.82, 2.24) is 19.9 Å². The highest BCUT2D eigenvalue weighted by Crippen LogP contribution is 2.18. The number of rotatable bonds is 2. The maximum absolute atomic E-state index is 12.5. The van der Waals surface area contributed by atoms with Gasteiger partial charge in [-0.1, -0.05) is 18.2 Å². The molecular formula is C17H22N4O. The fraction of sp³-hybridized carbons (Fsp3) is 0.471. The molecule has 22 heavy (non-hydrogen) atoms. The van der Waals surface area contributed by atoms with Gasteiger partial charge in [0.25, 0.3) is 5.91 Å². The maximum Gasteiger partial charge on any atom is 0.276 e. The van der Waals surface area contributed by atoms with Crippen LogP contribution in [0.25, 0.3) is 5.69 Å². The molecule has 3 rings (SSSR count). The van der Waals surface area contributed by atoms with Gasteiger partial charge in [-0.3, -0.25) is 4.79 Å². The first-order valence-electron chi connectivity index (χ1n) is 7.83. The first-order valence-corrected chi connectivity index (χ1v) is 7.83. The van der Waals surface area contributed by atoms with E-state index < -0.39 is 0 Å². The van der Waals surface area contributed by atoms with Gasteiger partial charge in [-0.2, -0.15) is 0 Å². The van der Waals surface area contributed by atoms with Crippen LogP contribution in [0.15, 0.2) is 24.4 Å². The number of carbonyl (C=O) groups is 1. The number of hydrogen-bond acceptors (Lipinski definition) is 3. The highest BCUT2D eigenvalue weighted by molar-refractivity contribution is 5.92. The van der Waals surface area contributed by atoms with E-state index in [-0.39, 0.29) is 5.91 Å². The quantitative estimate of drug-likeness (QED) is 0.856. The van der Waals surface area contributed by atoms with Crippen LogP contribution in [-0.4, -0.2) is 38.9 Å². The molecule has 0 spiro atoms. The number of piperidine rings is 1. The summed E-state index contributed by atoms with van der Waals surface area (Å²) in [7, 11) is 0. The van der Waals surface area contributed by atoms with Gasteiger partial charge in [0.05, 0.1) is 11.9 Å². The Kier molecular flexibility index (Phi) is 3.96. The molecule has 0 N–H and O–H groups in total. The molecule has 1 aromatic heterocycles. The molecular weight excluding hydrogens is 276 g/mol. The first kappa shape index (κ1) is 14.8. The number of amides is 1. The standard InChI is InChI=1S/C17H22N4O/c1-12-4-6-20(7-5-12)17(22)16-11-21(19-18-16)15-9-13(2)8-14(3)10-15/h8-12H,4-7H2,1-3H3. The van der Waals surface area contributed by atoms with Crippen molar-refractivity contribution in [3.63, 3.8) is 0 Å². The Morgan fingerprint density at radius 1 is 1.14 bits per heavy atom. The lowest BCUT2D eigenvalue weighted by Crippen LogP contribution is -2.38. The van der Waals surface area contributed by atoms with E-state index in [4.69, 9.17) is 0 Å². The first-order chi connectivity index (χ1) is 10.5. The zero-order chi connectivity index (χ0) is 15.7. The Labute approximate surface area is 130 Å². The largest absolute Gasteiger partial charge is 0.337 e. The number of benzene rings is 1. The zero-order valence-electron chi connectivity index (χ0n) is 13.4. The SMILES string of the molecule is Cc1cc(C)cc(-n2cc(C(=O)N3CCC(C)CC3)nn2)c1. The topological polar surface area (TPSA) is 51.0 Å². The number of likely N-dealkylation sites (tertiary alicyclic amines) is 1. The van der Waals surface area contributed by atoms with Crippen molar-refractivity contribution >= 4 is 5.91 Å². The molecule has 0 saturated carbocycles. The normalized spacial score (nSPS) is 16.0. The van der Waals surface area contributed by atoms with Crippen LogP contribution in [-0.2, 0) is 0 Å². The van der Waals surface area contributed by atoms with Crippen LogP contribution in [0.2, 0.25) is 0 Å². The molecule has 0 atom stereocenters. The van der Waals surface area contributed by atoms with Crippen LogP contribution < -0.4 is 0 Å². The molecule has 116 valence electrons. The molecule has 2 heterocycles. The molecule has 0 aliphatic carbocycles. The minimum Gasteiger partial charge on any atom is -0.337 e. The van der Waals surface area contributed by atoms with Gasteiger partial charge in [0.15, 0.2) is 5.69 Å². The Balaban J connectivity index is 1.80. The average molecular weight is 298 g/mol. The highest BCUT2D eigenvalue weighted by atomic mass is 16.2. The number of aryl methyl sites for hydroxylation is 2. The van der Waals surface area contributed by atoms with Crippen LogP contribution in [0, 0.1) is 19.8 Å². The van der Waals surface area contributed by atoms with E-state index in [2.05, 4.69) is 23.3 Å². The van der Waals surface area contributed by atoms with Crippen LogP contribution in [0.1, 0.15) is 41.4 Å². The Morgan fingerprint density at radius 2 is 1.77 bits per heavy atom. The summed E-state index contributed by atoms with van der Waals surface area (Å²) >= 11 is 0. The second-order valence-electron chi connectivity index (χ2n) is 6.37. The fourth-order valence-corrected chi connectivity index (χ4v) is 2.94. The summed E-state index contributed by atoms with van der Waals surface area (Å²) in [5.41, 5.74) is 3.71. The monoisotopic (exact) mass is 298 g/mol. The van der Waals surface area contributed by atoms with E-state index in [1.54, 1.807) is 10.9 Å². The van der Waals surface area contributed by atoms with E-state index in [0.29, 0.717) is 11.6 Å². The number of carbonyl (C=O) groups excluding carboxylic acids is 1. The third-order valence-electron chi connectivity index (χ3n) is 4.25. The van der Waals surface area contributed by atoms with E-state index in [9.17, 15) is 4.79 Å². The lowest BCUT2D eigenvalue weighted by molar-refractivity contribution is 0.0691. The highest BCUT2D eigenvalue weighted by Gasteiger charge is 2.23. The minimum absolute atomic E-state index is 0.0116. The lowest BCUT2D eigenvalue weighted by Gasteiger charge is -2.29. The van der Waals surface area contributed by atoms with Crippen molar-refractivity contribution in [3.05, 3.63) is 41.2 Å². The Hall–Kier alpha value is -2.17. The van der Waals surface area contributed by atoms with Crippen LogP contribution in [0.3, 0.4) is 0 Å². The molecule has 0 radical (unpaired) electrons. The number of nitrogens with zero attached hydrogens (tertiary/aromatic N) is 4. The summed E-state index contributed by atoms with van der Waals surface area (Å²) in [5, 5.41) is 8.19. The molecule has 1 saturated heterocycles. The molecule has 1 aliphatic heterocycles. The van der Waals surface area contributed by atoms with Crippen molar-refractivity contribution in [3.8, 4) is 5.69 Å². The fourth-order valence-electron chi connectivity index (χ4n) is 2.94. The third-order valence-corrected chi connectivity index (χ3v) is 4.25. The smallest absolute Gasteiger partial charge is 0.276 e. The third kappa shape index (κ3) is 3.03. The van der Waals surface area contributed by atoms with E-state index >= 15 is 0 Å². The minimum atomic E-state index is -0.0116. The van der Waals surface area contributed by atoms with Gasteiger partial charge < -0.3 is 4.90 Å². The van der Waals surface area contributed by atoms with Gasteiger partial charge in [-0.25, -0.2) is 4.68 Å². The summed E-state index contributed by atoms with van der Waals surface area (Å²) in [5.74, 6) is 0.692. The van der Waals surface area contributed by atoms with E-state index in [1.165, 1.54) is 11.1 Å². The van der Waals surface area contributed by atoms with Crippen molar-refractivity contribution in [2.75, 3.05) is 13.1 Å². The van der Waals surface area contributed by atoms with Gasteiger partial charge in [0.1, 0.15) is 0 Å². The lowest BCUT2D eigenvalue weighted by atomic mass is 9.99. The maximum atomic E-state index is 12.5. The van der Waals surface area contributed by atoms with Gasteiger partial charge in [0, 0.05) is 13.1 Å². The van der Waals surface area contributed by atoms with Gasteiger partial charge >= 0.3 is 0 Å². The molecule has 0 bridgehead atoms. The summed E-state index contributed by atoms with van der Waals surface area (Å²) in [4.78, 5) is 14.4. The molecule has 1 aliphatic rings. The summed E-state index contributed by atoms with van der Waals surface area (Å²) in [6.45, 7) is 7.97. The average Bonchev–Trinajstić information content (AvgIpc) is 2.96. The van der Waals surface area contributed by atoms with E-state index in [1.807, 2.05) is 30.9 Å². The second kappa shape index (κ2) is 5.91. The van der Waals surface area contributed by atoms with Crippen molar-refractivity contribution in [2.24, 2.45) is 5.92 Å². The van der Waals surface area contributed by atoms with Crippen LogP contribution in [0.5, 0.6) is 0 Å². The van der Waals surface area contributed by atoms with Gasteiger partial charge in [-0.15, -0.1) is 5.10 Å². The molecule has 0 unspecified atom stereocenters. The van der Waals surface area contributed by atoms with Crippen molar-refractivity contribution in [2.45, 2.75) is 33.6 Å².